The summed E-state index contributed by atoms with van der Waals surface area (Å²) in [6.45, 7) is 7.76. The molecule has 3 aliphatic heterocycles. The first-order chi connectivity index (χ1) is 16.0. The van der Waals surface area contributed by atoms with Crippen molar-refractivity contribution in [1.29, 1.82) is 0 Å². The van der Waals surface area contributed by atoms with Gasteiger partial charge in [0.25, 0.3) is 15.9 Å². The fourth-order valence-corrected chi connectivity index (χ4v) is 7.94. The highest BCUT2D eigenvalue weighted by molar-refractivity contribution is 7.90. The van der Waals surface area contributed by atoms with Gasteiger partial charge in [0.15, 0.2) is 6.61 Å². The summed E-state index contributed by atoms with van der Waals surface area (Å²) in [5, 5.41) is 0. The summed E-state index contributed by atoms with van der Waals surface area (Å²) in [4.78, 5) is 29.5. The predicted molar refractivity (Wildman–Crippen MR) is 128 cm³/mol. The maximum Gasteiger partial charge on any atom is 0.338 e. The normalized spacial score (nSPS) is 28.9. The Labute approximate surface area is 201 Å². The minimum absolute atomic E-state index is 0.0161. The molecule has 1 aromatic rings. The monoisotopic (exact) mass is 487 g/mol. The van der Waals surface area contributed by atoms with Crippen molar-refractivity contribution in [2.75, 3.05) is 24.6 Å². The van der Waals surface area contributed by atoms with Gasteiger partial charge >= 0.3 is 5.97 Å². The maximum absolute atomic E-state index is 12.9. The number of nitrogens with zero attached hydrogens (tertiary/aromatic N) is 3. The molecular formula is C25H33N3O5S. The molecule has 3 heterocycles. The highest BCUT2D eigenvalue weighted by Gasteiger charge is 2.51. The molecule has 2 atom stereocenters. The van der Waals surface area contributed by atoms with Crippen molar-refractivity contribution >= 4 is 33.4 Å². The fourth-order valence-electron chi connectivity index (χ4n) is 6.65. The molecule has 1 aliphatic carbocycles. The lowest BCUT2D eigenvalue weighted by Crippen LogP contribution is -2.39. The van der Waals surface area contributed by atoms with Gasteiger partial charge in [-0.2, -0.15) is 8.42 Å². The molecule has 0 radical (unpaired) electrons. The van der Waals surface area contributed by atoms with Crippen LogP contribution < -0.4 is 4.90 Å². The Morgan fingerprint density at radius 1 is 1.15 bits per heavy atom. The van der Waals surface area contributed by atoms with E-state index in [1.165, 1.54) is 6.07 Å². The third kappa shape index (κ3) is 4.23. The minimum atomic E-state index is -3.89. The van der Waals surface area contributed by atoms with Crippen molar-refractivity contribution in [2.45, 2.75) is 76.7 Å². The van der Waals surface area contributed by atoms with Gasteiger partial charge in [-0.05, 0) is 61.1 Å². The van der Waals surface area contributed by atoms with Crippen molar-refractivity contribution in [2.24, 2.45) is 15.2 Å². The second-order valence-electron chi connectivity index (χ2n) is 11.4. The van der Waals surface area contributed by atoms with E-state index in [9.17, 15) is 18.0 Å². The van der Waals surface area contributed by atoms with Gasteiger partial charge in [0.1, 0.15) is 10.7 Å². The molecule has 1 amide bonds. The summed E-state index contributed by atoms with van der Waals surface area (Å²) < 4.78 is 35.0. The number of ether oxygens (including phenoxy) is 1. The predicted octanol–water partition coefficient (Wildman–Crippen LogP) is 3.75. The number of carbonyl (C=O) groups excluding carboxylic acids is 2. The molecule has 1 saturated carbocycles. The van der Waals surface area contributed by atoms with Gasteiger partial charge in [0.05, 0.1) is 11.3 Å². The largest absolute Gasteiger partial charge is 0.452 e. The number of benzene rings is 1. The van der Waals surface area contributed by atoms with Crippen LogP contribution in [0.5, 0.6) is 0 Å². The summed E-state index contributed by atoms with van der Waals surface area (Å²) in [5.41, 5.74) is 0.955. The first-order valence-corrected chi connectivity index (χ1v) is 13.6. The van der Waals surface area contributed by atoms with Crippen LogP contribution in [-0.4, -0.2) is 56.8 Å². The van der Waals surface area contributed by atoms with Crippen LogP contribution in [0, 0.1) is 10.8 Å². The van der Waals surface area contributed by atoms with Gasteiger partial charge in [-0.3, -0.25) is 4.79 Å². The summed E-state index contributed by atoms with van der Waals surface area (Å²) in [6.07, 6.45) is 6.52. The lowest BCUT2D eigenvalue weighted by atomic mass is 9.65. The molecule has 4 aliphatic rings. The topological polar surface area (TPSA) is 96.3 Å². The Balaban J connectivity index is 1.29. The standard InChI is InChI=1S/C25H33N3O5S/c1-24(2)12-18-13-25(3,15-24)16-28(18)22(29)14-33-23(30)17-8-9-19-20(11-17)34(31,32)26-21-7-5-4-6-10-27(19)21/h8-9,11,18H,4-7,10,12-16H2,1-3H3/t18-,25-/m0/s1. The van der Waals surface area contributed by atoms with E-state index in [-0.39, 0.29) is 39.8 Å². The van der Waals surface area contributed by atoms with E-state index in [2.05, 4.69) is 25.2 Å². The van der Waals surface area contributed by atoms with Gasteiger partial charge in [0.2, 0.25) is 0 Å². The van der Waals surface area contributed by atoms with E-state index >= 15 is 0 Å². The van der Waals surface area contributed by atoms with E-state index in [1.807, 2.05) is 9.80 Å². The Morgan fingerprint density at radius 2 is 1.94 bits per heavy atom. The van der Waals surface area contributed by atoms with Crippen LogP contribution in [0.1, 0.15) is 76.1 Å². The number of fused-ring (bicyclic) bond motifs is 5. The van der Waals surface area contributed by atoms with Crippen LogP contribution in [0.4, 0.5) is 5.69 Å². The van der Waals surface area contributed by atoms with Crippen LogP contribution in [0.15, 0.2) is 27.5 Å². The molecule has 3 fully saturated rings. The van der Waals surface area contributed by atoms with Crippen LogP contribution in [0.2, 0.25) is 0 Å². The number of rotatable bonds is 3. The second-order valence-corrected chi connectivity index (χ2v) is 13.0. The highest BCUT2D eigenvalue weighted by Crippen LogP contribution is 2.52. The number of likely N-dealkylation sites (tertiary alicyclic amines) is 1. The van der Waals surface area contributed by atoms with Crippen molar-refractivity contribution in [3.63, 3.8) is 0 Å². The average molecular weight is 488 g/mol. The molecule has 8 nitrogen and oxygen atoms in total. The molecule has 184 valence electrons. The second kappa shape index (κ2) is 8.07. The van der Waals surface area contributed by atoms with E-state index in [4.69, 9.17) is 4.74 Å². The number of sulfonamides is 1. The van der Waals surface area contributed by atoms with Gasteiger partial charge in [-0.15, -0.1) is 4.40 Å². The zero-order chi connectivity index (χ0) is 24.3. The fraction of sp³-hybridized carbons (Fsp3) is 0.640. The SMILES string of the molecule is CC1(C)C[C@H]2C[C@](C)(CN2C(=O)COC(=O)c2ccc3c(c2)S(=O)(=O)N=C2CCCCCN23)C1. The first kappa shape index (κ1) is 23.3. The molecule has 2 saturated heterocycles. The number of esters is 1. The Morgan fingerprint density at radius 3 is 2.74 bits per heavy atom. The number of amides is 1. The van der Waals surface area contributed by atoms with Crippen molar-refractivity contribution < 1.29 is 22.7 Å². The van der Waals surface area contributed by atoms with Crippen LogP contribution in [0.25, 0.3) is 0 Å². The zero-order valence-electron chi connectivity index (χ0n) is 20.2. The summed E-state index contributed by atoms with van der Waals surface area (Å²) in [7, 11) is -3.89. The molecular weight excluding hydrogens is 454 g/mol. The Kier molecular flexibility index (Phi) is 5.54. The molecule has 0 unspecified atom stereocenters. The van der Waals surface area contributed by atoms with Crippen LogP contribution >= 0.6 is 0 Å². The quantitative estimate of drug-likeness (QED) is 0.603. The Bertz CT molecular complexity index is 1170. The number of carbonyl (C=O) groups is 2. The smallest absolute Gasteiger partial charge is 0.338 e. The number of anilines is 1. The van der Waals surface area contributed by atoms with Gasteiger partial charge in [-0.25, -0.2) is 4.79 Å². The summed E-state index contributed by atoms with van der Waals surface area (Å²) in [5.74, 6) is -0.325. The minimum Gasteiger partial charge on any atom is -0.452 e. The van der Waals surface area contributed by atoms with Gasteiger partial charge < -0.3 is 14.5 Å². The van der Waals surface area contributed by atoms with E-state index in [0.29, 0.717) is 31.0 Å². The molecule has 2 bridgehead atoms. The van der Waals surface area contributed by atoms with Gasteiger partial charge in [0, 0.05) is 25.6 Å². The third-order valence-electron chi connectivity index (χ3n) is 7.65. The number of hydrogen-bond donors (Lipinski definition) is 0. The number of hydrogen-bond acceptors (Lipinski definition) is 6. The lowest BCUT2D eigenvalue weighted by Gasteiger charge is -2.39. The van der Waals surface area contributed by atoms with E-state index < -0.39 is 16.0 Å². The molecule has 9 heteroatoms. The molecule has 0 spiro atoms. The molecule has 34 heavy (non-hydrogen) atoms. The first-order valence-electron chi connectivity index (χ1n) is 12.2. The van der Waals surface area contributed by atoms with E-state index in [1.54, 1.807) is 12.1 Å². The third-order valence-corrected chi connectivity index (χ3v) is 8.98. The van der Waals surface area contributed by atoms with Crippen LogP contribution in [-0.2, 0) is 19.6 Å². The summed E-state index contributed by atoms with van der Waals surface area (Å²) in [6, 6.07) is 4.73. The lowest BCUT2D eigenvalue weighted by molar-refractivity contribution is -0.135. The summed E-state index contributed by atoms with van der Waals surface area (Å²) >= 11 is 0. The Hall–Kier alpha value is -2.42. The average Bonchev–Trinajstić information content (AvgIpc) is 2.88. The van der Waals surface area contributed by atoms with Crippen molar-refractivity contribution in [3.05, 3.63) is 23.8 Å². The van der Waals surface area contributed by atoms with Crippen molar-refractivity contribution in [1.82, 2.24) is 4.90 Å². The molecule has 0 N–H and O–H groups in total. The number of amidine groups is 1. The van der Waals surface area contributed by atoms with Gasteiger partial charge in [-0.1, -0.05) is 27.2 Å². The van der Waals surface area contributed by atoms with E-state index in [0.717, 1.165) is 38.5 Å². The highest BCUT2D eigenvalue weighted by atomic mass is 32.2. The zero-order valence-corrected chi connectivity index (χ0v) is 21.0. The van der Waals surface area contributed by atoms with Crippen molar-refractivity contribution in [3.8, 4) is 0 Å². The molecule has 1 aromatic carbocycles. The molecule has 0 aromatic heterocycles. The molecule has 5 rings (SSSR count). The van der Waals surface area contributed by atoms with Crippen LogP contribution in [0.3, 0.4) is 0 Å². The maximum atomic E-state index is 12.9.